The Morgan fingerprint density at radius 3 is 2.68 bits per heavy atom. The Bertz CT molecular complexity index is 629. The standard InChI is InChI=1S/C12H7BrF2N2O2/c13-7-2-1-3-8(14)10(7)17-11-9(15)6(12(18)19)4-5-16-11/h1-5H,(H,16,17)(H,18,19). The number of benzene rings is 1. The van der Waals surface area contributed by atoms with E-state index in [2.05, 4.69) is 26.2 Å². The third kappa shape index (κ3) is 2.70. The van der Waals surface area contributed by atoms with E-state index in [0.29, 0.717) is 4.47 Å². The van der Waals surface area contributed by atoms with Crippen LogP contribution in [0.4, 0.5) is 20.3 Å². The number of halogens is 3. The molecule has 0 aliphatic carbocycles. The number of nitrogens with one attached hydrogen (secondary N) is 1. The van der Waals surface area contributed by atoms with Gasteiger partial charge in [-0.05, 0) is 34.1 Å². The molecule has 1 heterocycles. The van der Waals surface area contributed by atoms with Crippen LogP contribution in [-0.4, -0.2) is 16.1 Å². The molecular weight excluding hydrogens is 322 g/mol. The summed E-state index contributed by atoms with van der Waals surface area (Å²) in [6.07, 6.45) is 1.13. The van der Waals surface area contributed by atoms with Crippen LogP contribution in [0.25, 0.3) is 0 Å². The monoisotopic (exact) mass is 328 g/mol. The van der Waals surface area contributed by atoms with E-state index in [9.17, 15) is 13.6 Å². The van der Waals surface area contributed by atoms with Gasteiger partial charge >= 0.3 is 5.97 Å². The first-order valence-electron chi connectivity index (χ1n) is 5.09. The number of hydrogen-bond donors (Lipinski definition) is 2. The Kier molecular flexibility index (Phi) is 3.75. The first kappa shape index (κ1) is 13.4. The molecule has 1 aromatic carbocycles. The second-order valence-corrected chi connectivity index (χ2v) is 4.40. The topological polar surface area (TPSA) is 62.2 Å². The average Bonchev–Trinajstić information content (AvgIpc) is 2.35. The number of aromatic carboxylic acids is 1. The molecule has 0 saturated heterocycles. The maximum Gasteiger partial charge on any atom is 0.338 e. The highest BCUT2D eigenvalue weighted by Gasteiger charge is 2.17. The van der Waals surface area contributed by atoms with Crippen LogP contribution in [0, 0.1) is 11.6 Å². The van der Waals surface area contributed by atoms with Crippen molar-refractivity contribution >= 4 is 33.4 Å². The summed E-state index contributed by atoms with van der Waals surface area (Å²) in [5.41, 5.74) is -0.554. The fourth-order valence-electron chi connectivity index (χ4n) is 1.43. The molecule has 98 valence electrons. The smallest absolute Gasteiger partial charge is 0.338 e. The Balaban J connectivity index is 2.45. The fraction of sp³-hybridized carbons (Fsp3) is 0. The Hall–Kier alpha value is -2.02. The predicted molar refractivity (Wildman–Crippen MR) is 68.5 cm³/mol. The molecule has 0 saturated carbocycles. The van der Waals surface area contributed by atoms with Gasteiger partial charge in [-0.25, -0.2) is 18.6 Å². The van der Waals surface area contributed by atoms with Gasteiger partial charge < -0.3 is 10.4 Å². The zero-order valence-electron chi connectivity index (χ0n) is 9.32. The van der Waals surface area contributed by atoms with Crippen LogP contribution < -0.4 is 5.32 Å². The van der Waals surface area contributed by atoms with E-state index in [1.54, 1.807) is 6.07 Å². The van der Waals surface area contributed by atoms with Crippen molar-refractivity contribution in [1.82, 2.24) is 4.98 Å². The minimum atomic E-state index is -1.42. The summed E-state index contributed by atoms with van der Waals surface area (Å²) in [4.78, 5) is 14.4. The molecule has 1 aromatic heterocycles. The summed E-state index contributed by atoms with van der Waals surface area (Å²) in [5, 5.41) is 11.2. The lowest BCUT2D eigenvalue weighted by atomic mass is 10.2. The van der Waals surface area contributed by atoms with E-state index < -0.39 is 23.2 Å². The molecule has 0 aliphatic rings. The molecular formula is C12H7BrF2N2O2. The molecule has 7 heteroatoms. The summed E-state index contributed by atoms with van der Waals surface area (Å²) >= 11 is 3.11. The number of pyridine rings is 1. The van der Waals surface area contributed by atoms with Crippen molar-refractivity contribution in [3.05, 3.63) is 52.1 Å². The molecule has 0 radical (unpaired) electrons. The van der Waals surface area contributed by atoms with Crippen LogP contribution >= 0.6 is 15.9 Å². The second kappa shape index (κ2) is 5.31. The molecule has 2 aromatic rings. The van der Waals surface area contributed by atoms with Gasteiger partial charge in [0, 0.05) is 10.7 Å². The van der Waals surface area contributed by atoms with Crippen molar-refractivity contribution in [3.8, 4) is 0 Å². The molecule has 2 rings (SSSR count). The van der Waals surface area contributed by atoms with Crippen molar-refractivity contribution in [2.75, 3.05) is 5.32 Å². The Morgan fingerprint density at radius 1 is 1.32 bits per heavy atom. The van der Waals surface area contributed by atoms with Gasteiger partial charge in [-0.15, -0.1) is 0 Å². The molecule has 4 nitrogen and oxygen atoms in total. The summed E-state index contributed by atoms with van der Waals surface area (Å²) in [6, 6.07) is 5.25. The average molecular weight is 329 g/mol. The molecule has 0 unspecified atom stereocenters. The van der Waals surface area contributed by atoms with E-state index in [1.807, 2.05) is 0 Å². The lowest BCUT2D eigenvalue weighted by Gasteiger charge is -2.10. The number of rotatable bonds is 3. The largest absolute Gasteiger partial charge is 0.478 e. The van der Waals surface area contributed by atoms with Crippen molar-refractivity contribution in [2.45, 2.75) is 0 Å². The lowest BCUT2D eigenvalue weighted by molar-refractivity contribution is 0.0692. The number of hydrogen-bond acceptors (Lipinski definition) is 3. The van der Waals surface area contributed by atoms with Crippen molar-refractivity contribution < 1.29 is 18.7 Å². The normalized spacial score (nSPS) is 10.3. The lowest BCUT2D eigenvalue weighted by Crippen LogP contribution is -2.06. The van der Waals surface area contributed by atoms with E-state index in [-0.39, 0.29) is 11.5 Å². The first-order chi connectivity index (χ1) is 9.00. The number of carboxylic acids is 1. The predicted octanol–water partition coefficient (Wildman–Crippen LogP) is 3.56. The zero-order valence-corrected chi connectivity index (χ0v) is 10.9. The van der Waals surface area contributed by atoms with Crippen LogP contribution in [0.5, 0.6) is 0 Å². The quantitative estimate of drug-likeness (QED) is 0.904. The third-order valence-electron chi connectivity index (χ3n) is 2.33. The van der Waals surface area contributed by atoms with Gasteiger partial charge in [-0.3, -0.25) is 0 Å². The molecule has 0 bridgehead atoms. The van der Waals surface area contributed by atoms with Gasteiger partial charge in [0.15, 0.2) is 11.6 Å². The Morgan fingerprint density at radius 2 is 2.05 bits per heavy atom. The number of carbonyl (C=O) groups is 1. The number of aromatic nitrogens is 1. The Labute approximate surface area is 115 Å². The summed E-state index contributed by atoms with van der Waals surface area (Å²) < 4.78 is 27.8. The minimum absolute atomic E-state index is 0.0172. The first-order valence-corrected chi connectivity index (χ1v) is 5.89. The zero-order chi connectivity index (χ0) is 14.0. The highest BCUT2D eigenvalue weighted by atomic mass is 79.9. The van der Waals surface area contributed by atoms with Crippen LogP contribution in [0.2, 0.25) is 0 Å². The third-order valence-corrected chi connectivity index (χ3v) is 2.99. The summed E-state index contributed by atoms with van der Waals surface area (Å²) in [7, 11) is 0. The van der Waals surface area contributed by atoms with Crippen LogP contribution in [0.15, 0.2) is 34.9 Å². The number of anilines is 2. The van der Waals surface area contributed by atoms with E-state index in [0.717, 1.165) is 12.3 Å². The molecule has 0 fully saturated rings. The summed E-state index contributed by atoms with van der Waals surface area (Å²) in [6.45, 7) is 0. The molecule has 0 spiro atoms. The number of carboxylic acid groups (broad SMARTS) is 1. The maximum absolute atomic E-state index is 13.8. The van der Waals surface area contributed by atoms with Gasteiger partial charge in [0.05, 0.1) is 5.69 Å². The van der Waals surface area contributed by atoms with E-state index >= 15 is 0 Å². The highest BCUT2D eigenvalue weighted by Crippen LogP contribution is 2.29. The molecule has 0 amide bonds. The fourth-order valence-corrected chi connectivity index (χ4v) is 1.87. The highest BCUT2D eigenvalue weighted by molar-refractivity contribution is 9.10. The van der Waals surface area contributed by atoms with Crippen LogP contribution in [-0.2, 0) is 0 Å². The van der Waals surface area contributed by atoms with Crippen LogP contribution in [0.1, 0.15) is 10.4 Å². The van der Waals surface area contributed by atoms with Gasteiger partial charge in [-0.1, -0.05) is 6.07 Å². The minimum Gasteiger partial charge on any atom is -0.478 e. The van der Waals surface area contributed by atoms with E-state index in [1.165, 1.54) is 12.1 Å². The van der Waals surface area contributed by atoms with Gasteiger partial charge in [-0.2, -0.15) is 0 Å². The van der Waals surface area contributed by atoms with Crippen molar-refractivity contribution in [3.63, 3.8) is 0 Å². The second-order valence-electron chi connectivity index (χ2n) is 3.55. The van der Waals surface area contributed by atoms with Gasteiger partial charge in [0.1, 0.15) is 11.4 Å². The van der Waals surface area contributed by atoms with Crippen molar-refractivity contribution in [2.24, 2.45) is 0 Å². The van der Waals surface area contributed by atoms with Gasteiger partial charge in [0.2, 0.25) is 0 Å². The SMILES string of the molecule is O=C(O)c1ccnc(Nc2c(F)cccc2Br)c1F. The van der Waals surface area contributed by atoms with Crippen LogP contribution in [0.3, 0.4) is 0 Å². The maximum atomic E-state index is 13.8. The van der Waals surface area contributed by atoms with Crippen molar-refractivity contribution in [1.29, 1.82) is 0 Å². The van der Waals surface area contributed by atoms with E-state index in [4.69, 9.17) is 5.11 Å². The van der Waals surface area contributed by atoms with Gasteiger partial charge in [0.25, 0.3) is 0 Å². The summed E-state index contributed by atoms with van der Waals surface area (Å²) in [5.74, 6) is -3.44. The molecule has 0 aliphatic heterocycles. The molecule has 0 atom stereocenters. The molecule has 19 heavy (non-hydrogen) atoms. The number of para-hydroxylation sites is 1. The number of nitrogens with zero attached hydrogens (tertiary/aromatic N) is 1. The molecule has 2 N–H and O–H groups in total.